The van der Waals surface area contributed by atoms with Gasteiger partial charge in [0.2, 0.25) is 0 Å². The molecule has 0 saturated heterocycles. The largest absolute Gasteiger partial charge is 0.573 e. The third-order valence-electron chi connectivity index (χ3n) is 3.18. The van der Waals surface area contributed by atoms with Gasteiger partial charge in [-0.2, -0.15) is 5.48 Å². The van der Waals surface area contributed by atoms with E-state index < -0.39 is 6.36 Å². The summed E-state index contributed by atoms with van der Waals surface area (Å²) in [4.78, 5) is 26.8. The molecule has 0 heterocycles. The molecule has 0 aromatic heterocycles. The van der Waals surface area contributed by atoms with Crippen molar-refractivity contribution in [3.05, 3.63) is 64.7 Å². The van der Waals surface area contributed by atoms with Crippen LogP contribution in [0.5, 0.6) is 5.75 Å². The number of nitrogens with one attached hydrogen (secondary N) is 1. The molecular formula is C17H14F3NO4. The van der Waals surface area contributed by atoms with E-state index in [2.05, 4.69) is 10.2 Å². The van der Waals surface area contributed by atoms with Gasteiger partial charge in [0.15, 0.2) is 12.6 Å². The molecule has 8 heteroatoms. The Labute approximate surface area is 141 Å². The summed E-state index contributed by atoms with van der Waals surface area (Å²) in [5.41, 5.74) is 4.65. The van der Waals surface area contributed by atoms with E-state index in [0.717, 1.165) is 5.56 Å². The number of rotatable bonds is 8. The van der Waals surface area contributed by atoms with E-state index >= 15 is 0 Å². The van der Waals surface area contributed by atoms with Crippen molar-refractivity contribution in [3.63, 3.8) is 0 Å². The first-order chi connectivity index (χ1) is 11.9. The molecule has 0 aliphatic rings. The number of halogens is 3. The maximum absolute atomic E-state index is 12.1. The number of hydroxylamine groups is 1. The van der Waals surface area contributed by atoms with Gasteiger partial charge in [0.05, 0.1) is 6.61 Å². The van der Waals surface area contributed by atoms with Gasteiger partial charge in [-0.1, -0.05) is 24.3 Å². The molecule has 2 aromatic carbocycles. The van der Waals surface area contributed by atoms with Gasteiger partial charge in [0, 0.05) is 17.7 Å². The van der Waals surface area contributed by atoms with Gasteiger partial charge in [-0.15, -0.1) is 13.2 Å². The molecule has 0 radical (unpaired) electrons. The van der Waals surface area contributed by atoms with Crippen molar-refractivity contribution >= 4 is 12.6 Å². The minimum atomic E-state index is -4.72. The lowest BCUT2D eigenvalue weighted by molar-refractivity contribution is -0.274. The minimum absolute atomic E-state index is 0.124. The molecular weight excluding hydrogens is 339 g/mol. The van der Waals surface area contributed by atoms with Gasteiger partial charge in [-0.05, 0) is 29.3 Å². The van der Waals surface area contributed by atoms with Gasteiger partial charge >= 0.3 is 6.36 Å². The zero-order valence-corrected chi connectivity index (χ0v) is 12.9. The first-order valence-corrected chi connectivity index (χ1v) is 7.14. The van der Waals surface area contributed by atoms with Crippen LogP contribution in [0.15, 0.2) is 42.5 Å². The lowest BCUT2D eigenvalue weighted by Crippen LogP contribution is -2.17. The summed E-state index contributed by atoms with van der Waals surface area (Å²) < 4.78 is 39.9. The summed E-state index contributed by atoms with van der Waals surface area (Å²) >= 11 is 0. The van der Waals surface area contributed by atoms with E-state index in [-0.39, 0.29) is 24.5 Å². The average molecular weight is 353 g/mol. The molecule has 0 atom stereocenters. The van der Waals surface area contributed by atoms with Crippen LogP contribution in [-0.2, 0) is 18.0 Å². The molecule has 2 rings (SSSR count). The van der Waals surface area contributed by atoms with Gasteiger partial charge in [-0.3, -0.25) is 14.4 Å². The average Bonchev–Trinajstić information content (AvgIpc) is 2.58. The fourth-order valence-electron chi connectivity index (χ4n) is 2.00. The Kier molecular flexibility index (Phi) is 6.26. The SMILES string of the molecule is O=Cc1ccc(CNOCc2ccc(OC(F)(F)F)cc2)cc1C=O. The molecule has 5 nitrogen and oxygen atoms in total. The predicted molar refractivity (Wildman–Crippen MR) is 82.0 cm³/mol. The highest BCUT2D eigenvalue weighted by Gasteiger charge is 2.30. The van der Waals surface area contributed by atoms with Crippen molar-refractivity contribution in [2.75, 3.05) is 0 Å². The molecule has 25 heavy (non-hydrogen) atoms. The van der Waals surface area contributed by atoms with Crippen LogP contribution in [0, 0.1) is 0 Å². The van der Waals surface area contributed by atoms with Crippen LogP contribution in [0.3, 0.4) is 0 Å². The maximum Gasteiger partial charge on any atom is 0.573 e. The van der Waals surface area contributed by atoms with Crippen molar-refractivity contribution in [1.82, 2.24) is 5.48 Å². The monoisotopic (exact) mass is 353 g/mol. The van der Waals surface area contributed by atoms with E-state index in [1.54, 1.807) is 12.1 Å². The van der Waals surface area contributed by atoms with Crippen LogP contribution in [0.1, 0.15) is 31.8 Å². The highest BCUT2D eigenvalue weighted by Crippen LogP contribution is 2.22. The summed E-state index contributed by atoms with van der Waals surface area (Å²) in [5, 5.41) is 0. The summed E-state index contributed by atoms with van der Waals surface area (Å²) in [6, 6.07) is 10.1. The molecule has 1 N–H and O–H groups in total. The normalized spacial score (nSPS) is 11.2. The second-order valence-electron chi connectivity index (χ2n) is 5.00. The predicted octanol–water partition coefficient (Wildman–Crippen LogP) is 3.43. The van der Waals surface area contributed by atoms with Gasteiger partial charge < -0.3 is 4.74 Å². The van der Waals surface area contributed by atoms with Crippen LogP contribution in [-0.4, -0.2) is 18.9 Å². The summed E-state index contributed by atoms with van der Waals surface area (Å²) in [6.07, 6.45) is -3.53. The number of ether oxygens (including phenoxy) is 1. The number of alkyl halides is 3. The number of carbonyl (C=O) groups excluding carboxylic acids is 2. The molecule has 2 aromatic rings. The molecule has 0 amide bonds. The number of hydrogen-bond donors (Lipinski definition) is 1. The van der Waals surface area contributed by atoms with Crippen molar-refractivity contribution < 1.29 is 32.3 Å². The van der Waals surface area contributed by atoms with Gasteiger partial charge in [0.1, 0.15) is 5.75 Å². The lowest BCUT2D eigenvalue weighted by Gasteiger charge is -2.10. The molecule has 0 saturated carbocycles. The number of carbonyl (C=O) groups is 2. The van der Waals surface area contributed by atoms with Gasteiger partial charge in [-0.25, -0.2) is 0 Å². The van der Waals surface area contributed by atoms with E-state index in [1.165, 1.54) is 30.3 Å². The van der Waals surface area contributed by atoms with Crippen molar-refractivity contribution in [2.45, 2.75) is 19.5 Å². The van der Waals surface area contributed by atoms with Crippen LogP contribution < -0.4 is 10.2 Å². The van der Waals surface area contributed by atoms with E-state index in [0.29, 0.717) is 23.7 Å². The topological polar surface area (TPSA) is 64.6 Å². The highest BCUT2D eigenvalue weighted by atomic mass is 19.4. The molecule has 0 spiro atoms. The molecule has 0 fully saturated rings. The highest BCUT2D eigenvalue weighted by molar-refractivity contribution is 5.90. The van der Waals surface area contributed by atoms with Gasteiger partial charge in [0.25, 0.3) is 0 Å². The number of aldehydes is 2. The van der Waals surface area contributed by atoms with E-state index in [9.17, 15) is 22.8 Å². The van der Waals surface area contributed by atoms with Crippen molar-refractivity contribution in [3.8, 4) is 5.75 Å². The maximum atomic E-state index is 12.1. The lowest BCUT2D eigenvalue weighted by atomic mass is 10.1. The molecule has 0 bridgehead atoms. The minimum Gasteiger partial charge on any atom is -0.406 e. The third kappa shape index (κ3) is 6.02. The quantitative estimate of drug-likeness (QED) is 0.447. The fourth-order valence-corrected chi connectivity index (χ4v) is 2.00. The van der Waals surface area contributed by atoms with Crippen molar-refractivity contribution in [1.29, 1.82) is 0 Å². The first-order valence-electron chi connectivity index (χ1n) is 7.14. The molecule has 0 aliphatic carbocycles. The Morgan fingerprint density at radius 2 is 1.56 bits per heavy atom. The standard InChI is InChI=1S/C17H14F3NO4/c18-17(19,20)25-16-5-2-12(3-6-16)11-24-21-8-13-1-4-14(9-22)15(7-13)10-23/h1-7,9-10,21H,8,11H2. The van der Waals surface area contributed by atoms with Crippen LogP contribution >= 0.6 is 0 Å². The smallest absolute Gasteiger partial charge is 0.406 e. The number of hydrogen-bond acceptors (Lipinski definition) is 5. The van der Waals surface area contributed by atoms with Crippen LogP contribution in [0.25, 0.3) is 0 Å². The summed E-state index contributed by atoms with van der Waals surface area (Å²) in [6.45, 7) is 0.411. The Morgan fingerprint density at radius 1 is 0.920 bits per heavy atom. The summed E-state index contributed by atoms with van der Waals surface area (Å²) in [5.74, 6) is -0.305. The van der Waals surface area contributed by atoms with Crippen LogP contribution in [0.4, 0.5) is 13.2 Å². The zero-order valence-electron chi connectivity index (χ0n) is 12.9. The Morgan fingerprint density at radius 3 is 2.16 bits per heavy atom. The second-order valence-corrected chi connectivity index (χ2v) is 5.00. The van der Waals surface area contributed by atoms with E-state index in [4.69, 9.17) is 4.84 Å². The Bertz CT molecular complexity index is 730. The molecule has 0 aliphatic heterocycles. The fraction of sp³-hybridized carbons (Fsp3) is 0.176. The first kappa shape index (κ1) is 18.6. The Hall–Kier alpha value is -2.71. The summed E-state index contributed by atoms with van der Waals surface area (Å²) in [7, 11) is 0. The Balaban J connectivity index is 1.81. The third-order valence-corrected chi connectivity index (χ3v) is 3.18. The molecule has 0 unspecified atom stereocenters. The second kappa shape index (κ2) is 8.41. The van der Waals surface area contributed by atoms with Crippen LogP contribution in [0.2, 0.25) is 0 Å². The zero-order chi connectivity index (χ0) is 18.3. The number of benzene rings is 2. The molecule has 132 valence electrons. The van der Waals surface area contributed by atoms with E-state index in [1.807, 2.05) is 0 Å². The van der Waals surface area contributed by atoms with Crippen molar-refractivity contribution in [2.24, 2.45) is 0 Å².